The van der Waals surface area contributed by atoms with Crippen LogP contribution in [0.1, 0.15) is 33.1 Å². The first-order chi connectivity index (χ1) is 11.4. The summed E-state index contributed by atoms with van der Waals surface area (Å²) >= 11 is 0. The lowest BCUT2D eigenvalue weighted by atomic mass is 10.1. The summed E-state index contributed by atoms with van der Waals surface area (Å²) in [5.74, 6) is -1.24. The number of aliphatic hydroxyl groups excluding tert-OH is 1. The second-order valence-electron chi connectivity index (χ2n) is 6.51. The van der Waals surface area contributed by atoms with Crippen LogP contribution in [0.25, 0.3) is 0 Å². The maximum atomic E-state index is 14.2. The molecule has 0 radical (unpaired) electrons. The normalized spacial score (nSPS) is 16.8. The maximum Gasteiger partial charge on any atom is 0.319 e. The van der Waals surface area contributed by atoms with Crippen LogP contribution in [0.4, 0.5) is 25.0 Å². The zero-order valence-electron chi connectivity index (χ0n) is 14.1. The van der Waals surface area contributed by atoms with Gasteiger partial charge in [0, 0.05) is 25.3 Å². The molecule has 1 aliphatic heterocycles. The molecule has 0 aromatic heterocycles. The van der Waals surface area contributed by atoms with Gasteiger partial charge in [0.15, 0.2) is 11.6 Å². The SMILES string of the molecule is CC(O)CC(C)CNC(=O)Nc1cc(F)c(N2CCCC2)c(F)c1. The highest BCUT2D eigenvalue weighted by Gasteiger charge is 2.21. The van der Waals surface area contributed by atoms with Crippen molar-refractivity contribution in [2.45, 2.75) is 39.2 Å². The molecule has 1 aromatic rings. The van der Waals surface area contributed by atoms with Crippen LogP contribution in [-0.2, 0) is 0 Å². The summed E-state index contributed by atoms with van der Waals surface area (Å²) in [4.78, 5) is 13.5. The van der Waals surface area contributed by atoms with Crippen LogP contribution in [0.15, 0.2) is 12.1 Å². The molecular weight excluding hydrogens is 316 g/mol. The molecule has 1 saturated heterocycles. The van der Waals surface area contributed by atoms with Gasteiger partial charge in [-0.05, 0) is 44.2 Å². The minimum absolute atomic E-state index is 0.0241. The summed E-state index contributed by atoms with van der Waals surface area (Å²) in [6.45, 7) is 5.24. The van der Waals surface area contributed by atoms with Gasteiger partial charge in [-0.2, -0.15) is 0 Å². The number of hydrogen-bond acceptors (Lipinski definition) is 3. The minimum Gasteiger partial charge on any atom is -0.393 e. The van der Waals surface area contributed by atoms with E-state index < -0.39 is 23.8 Å². The number of anilines is 2. The van der Waals surface area contributed by atoms with Crippen molar-refractivity contribution in [1.82, 2.24) is 5.32 Å². The lowest BCUT2D eigenvalue weighted by Crippen LogP contribution is -2.33. The predicted octanol–water partition coefficient (Wildman–Crippen LogP) is 3.09. The molecular formula is C17H25F2N3O2. The van der Waals surface area contributed by atoms with E-state index in [0.717, 1.165) is 25.0 Å². The van der Waals surface area contributed by atoms with E-state index in [2.05, 4.69) is 10.6 Å². The Morgan fingerprint density at radius 2 is 1.83 bits per heavy atom. The molecule has 1 aliphatic rings. The van der Waals surface area contributed by atoms with Crippen LogP contribution in [-0.4, -0.2) is 36.9 Å². The molecule has 0 bridgehead atoms. The quantitative estimate of drug-likeness (QED) is 0.745. The highest BCUT2D eigenvalue weighted by atomic mass is 19.1. The van der Waals surface area contributed by atoms with Crippen molar-refractivity contribution in [2.75, 3.05) is 29.9 Å². The van der Waals surface area contributed by atoms with Crippen molar-refractivity contribution in [1.29, 1.82) is 0 Å². The Hall–Kier alpha value is -1.89. The van der Waals surface area contributed by atoms with E-state index in [4.69, 9.17) is 0 Å². The molecule has 1 fully saturated rings. The zero-order valence-corrected chi connectivity index (χ0v) is 14.1. The minimum atomic E-state index is -0.672. The van der Waals surface area contributed by atoms with Crippen LogP contribution >= 0.6 is 0 Å². The monoisotopic (exact) mass is 341 g/mol. The van der Waals surface area contributed by atoms with Crippen LogP contribution in [0, 0.1) is 17.6 Å². The standard InChI is InChI=1S/C17H25F2N3O2/c1-11(7-12(2)23)10-20-17(24)21-13-8-14(18)16(15(19)9-13)22-5-3-4-6-22/h8-9,11-12,23H,3-7,10H2,1-2H3,(H2,20,21,24). The number of aliphatic hydroxyl groups is 1. The maximum absolute atomic E-state index is 14.2. The van der Waals surface area contributed by atoms with Gasteiger partial charge in [-0.1, -0.05) is 6.92 Å². The lowest BCUT2D eigenvalue weighted by molar-refractivity contribution is 0.163. The first kappa shape index (κ1) is 18.4. The Morgan fingerprint density at radius 1 is 1.25 bits per heavy atom. The second kappa shape index (κ2) is 8.28. The van der Waals surface area contributed by atoms with Gasteiger partial charge in [0.05, 0.1) is 6.10 Å². The van der Waals surface area contributed by atoms with Gasteiger partial charge in [0.2, 0.25) is 0 Å². The van der Waals surface area contributed by atoms with Gasteiger partial charge in [-0.25, -0.2) is 13.6 Å². The predicted molar refractivity (Wildman–Crippen MR) is 90.3 cm³/mol. The molecule has 2 unspecified atom stereocenters. The van der Waals surface area contributed by atoms with E-state index in [1.807, 2.05) is 6.92 Å². The van der Waals surface area contributed by atoms with Gasteiger partial charge in [-0.15, -0.1) is 0 Å². The number of amides is 2. The summed E-state index contributed by atoms with van der Waals surface area (Å²) in [6, 6.07) is 1.74. The van der Waals surface area contributed by atoms with Crippen molar-refractivity contribution in [3.63, 3.8) is 0 Å². The Balaban J connectivity index is 1.94. The van der Waals surface area contributed by atoms with E-state index in [0.29, 0.717) is 26.1 Å². The number of nitrogens with one attached hydrogen (secondary N) is 2. The van der Waals surface area contributed by atoms with E-state index in [1.54, 1.807) is 11.8 Å². The van der Waals surface area contributed by atoms with Crippen molar-refractivity contribution >= 4 is 17.4 Å². The van der Waals surface area contributed by atoms with Crippen molar-refractivity contribution < 1.29 is 18.7 Å². The van der Waals surface area contributed by atoms with Crippen molar-refractivity contribution in [3.05, 3.63) is 23.8 Å². The van der Waals surface area contributed by atoms with E-state index >= 15 is 0 Å². The highest BCUT2D eigenvalue weighted by Crippen LogP contribution is 2.29. The zero-order chi connectivity index (χ0) is 17.7. The third-order valence-electron chi connectivity index (χ3n) is 4.05. The van der Waals surface area contributed by atoms with E-state index in [-0.39, 0.29) is 17.3 Å². The molecule has 2 atom stereocenters. The summed E-state index contributed by atoms with van der Waals surface area (Å²) in [5, 5.41) is 14.4. The van der Waals surface area contributed by atoms with Gasteiger partial charge in [0.1, 0.15) is 5.69 Å². The van der Waals surface area contributed by atoms with Gasteiger partial charge < -0.3 is 20.6 Å². The number of carbonyl (C=O) groups excluding carboxylic acids is 1. The van der Waals surface area contributed by atoms with Crippen molar-refractivity contribution in [2.24, 2.45) is 5.92 Å². The average Bonchev–Trinajstić information content (AvgIpc) is 2.97. The number of hydrogen-bond donors (Lipinski definition) is 3. The molecule has 24 heavy (non-hydrogen) atoms. The topological polar surface area (TPSA) is 64.6 Å². The van der Waals surface area contributed by atoms with E-state index in [1.165, 1.54) is 0 Å². The Bertz CT molecular complexity index is 552. The molecule has 0 aliphatic carbocycles. The number of carbonyl (C=O) groups is 1. The number of halogens is 2. The fourth-order valence-corrected chi connectivity index (χ4v) is 2.99. The fourth-order valence-electron chi connectivity index (χ4n) is 2.99. The number of urea groups is 1. The van der Waals surface area contributed by atoms with Gasteiger partial charge in [-0.3, -0.25) is 0 Å². The number of rotatable bonds is 6. The lowest BCUT2D eigenvalue weighted by Gasteiger charge is -2.20. The average molecular weight is 341 g/mol. The molecule has 7 heteroatoms. The van der Waals surface area contributed by atoms with Crippen LogP contribution in [0.2, 0.25) is 0 Å². The first-order valence-electron chi connectivity index (χ1n) is 8.33. The van der Waals surface area contributed by atoms with Crippen LogP contribution in [0.3, 0.4) is 0 Å². The van der Waals surface area contributed by atoms with Crippen LogP contribution in [0.5, 0.6) is 0 Å². The molecule has 0 spiro atoms. The Labute approximate surface area is 141 Å². The highest BCUT2D eigenvalue weighted by molar-refractivity contribution is 5.89. The summed E-state index contributed by atoms with van der Waals surface area (Å²) in [5.41, 5.74) is 0.0534. The molecule has 2 rings (SSSR count). The largest absolute Gasteiger partial charge is 0.393 e. The Morgan fingerprint density at radius 3 is 2.38 bits per heavy atom. The number of nitrogens with zero attached hydrogens (tertiary/aromatic N) is 1. The third kappa shape index (κ3) is 5.06. The van der Waals surface area contributed by atoms with Crippen molar-refractivity contribution in [3.8, 4) is 0 Å². The summed E-state index contributed by atoms with van der Waals surface area (Å²) < 4.78 is 28.4. The molecule has 0 saturated carbocycles. The molecule has 3 N–H and O–H groups in total. The van der Waals surface area contributed by atoms with Gasteiger partial charge in [0.25, 0.3) is 0 Å². The van der Waals surface area contributed by atoms with Crippen LogP contribution < -0.4 is 15.5 Å². The molecule has 1 aromatic carbocycles. The number of benzene rings is 1. The molecule has 5 nitrogen and oxygen atoms in total. The Kier molecular flexibility index (Phi) is 6.36. The molecule has 134 valence electrons. The fraction of sp³-hybridized carbons (Fsp3) is 0.588. The van der Waals surface area contributed by atoms with E-state index in [9.17, 15) is 18.7 Å². The summed E-state index contributed by atoms with van der Waals surface area (Å²) in [7, 11) is 0. The molecule has 2 amide bonds. The van der Waals surface area contributed by atoms with Gasteiger partial charge >= 0.3 is 6.03 Å². The second-order valence-corrected chi connectivity index (χ2v) is 6.51. The third-order valence-corrected chi connectivity index (χ3v) is 4.05. The molecule has 1 heterocycles. The smallest absolute Gasteiger partial charge is 0.319 e. The first-order valence-corrected chi connectivity index (χ1v) is 8.33. The summed E-state index contributed by atoms with van der Waals surface area (Å²) in [6.07, 6.45) is 1.97.